The molecule has 0 aliphatic rings. The highest BCUT2D eigenvalue weighted by atomic mass is 16.7. The molecule has 0 atom stereocenters. The van der Waals surface area contributed by atoms with E-state index in [1.807, 2.05) is 13.8 Å². The maximum absolute atomic E-state index is 10.5. The molecule has 1 N–H and O–H groups in total. The fourth-order valence-corrected chi connectivity index (χ4v) is 0.781. The first-order valence-electron chi connectivity index (χ1n) is 4.51. The molecule has 80 valence electrons. The average molecular weight is 200 g/mol. The lowest BCUT2D eigenvalue weighted by Crippen LogP contribution is -2.24. The Morgan fingerprint density at radius 3 is 2.43 bits per heavy atom. The van der Waals surface area contributed by atoms with Gasteiger partial charge in [0.1, 0.15) is 5.60 Å². The second-order valence-electron chi connectivity index (χ2n) is 2.78. The summed E-state index contributed by atoms with van der Waals surface area (Å²) in [6.07, 6.45) is 0.333. The number of methoxy groups -OCH3 is 1. The van der Waals surface area contributed by atoms with Crippen LogP contribution < -0.4 is 0 Å². The van der Waals surface area contributed by atoms with Gasteiger partial charge in [-0.25, -0.2) is 4.79 Å². The molecule has 0 spiro atoms. The maximum atomic E-state index is 10.5. The standard InChI is InChI=1S/C10H16O4/c1-4-10(12,5-2)7-6-8-14-9(11)13-3/h12H,4-5,8H2,1-3H3. The summed E-state index contributed by atoms with van der Waals surface area (Å²) >= 11 is 0. The van der Waals surface area contributed by atoms with Gasteiger partial charge in [0.25, 0.3) is 0 Å². The minimum absolute atomic E-state index is 0.0605. The predicted octanol–water partition coefficient (Wildman–Crippen LogP) is 1.32. The summed E-state index contributed by atoms with van der Waals surface area (Å²) in [5, 5.41) is 9.71. The molecule has 0 aromatic heterocycles. The van der Waals surface area contributed by atoms with Crippen LogP contribution in [0.2, 0.25) is 0 Å². The van der Waals surface area contributed by atoms with Crippen LogP contribution in [0.25, 0.3) is 0 Å². The summed E-state index contributed by atoms with van der Waals surface area (Å²) < 4.78 is 8.77. The van der Waals surface area contributed by atoms with Crippen LogP contribution in [-0.4, -0.2) is 30.6 Å². The smallest absolute Gasteiger partial charge is 0.438 e. The van der Waals surface area contributed by atoms with Crippen LogP contribution in [0.4, 0.5) is 4.79 Å². The third-order valence-electron chi connectivity index (χ3n) is 1.92. The summed E-state index contributed by atoms with van der Waals surface area (Å²) in [6, 6.07) is 0. The van der Waals surface area contributed by atoms with E-state index in [0.717, 1.165) is 0 Å². The van der Waals surface area contributed by atoms with Crippen LogP contribution >= 0.6 is 0 Å². The fourth-order valence-electron chi connectivity index (χ4n) is 0.781. The van der Waals surface area contributed by atoms with Gasteiger partial charge in [0.15, 0.2) is 6.61 Å². The lowest BCUT2D eigenvalue weighted by molar-refractivity contribution is 0.0812. The normalized spacial score (nSPS) is 10.0. The van der Waals surface area contributed by atoms with E-state index in [0.29, 0.717) is 12.8 Å². The quantitative estimate of drug-likeness (QED) is 0.551. The second kappa shape index (κ2) is 6.28. The van der Waals surface area contributed by atoms with Gasteiger partial charge in [0.2, 0.25) is 0 Å². The third-order valence-corrected chi connectivity index (χ3v) is 1.92. The van der Waals surface area contributed by atoms with Crippen molar-refractivity contribution in [1.82, 2.24) is 0 Å². The van der Waals surface area contributed by atoms with Gasteiger partial charge in [0, 0.05) is 0 Å². The van der Waals surface area contributed by atoms with E-state index < -0.39 is 11.8 Å². The number of rotatable bonds is 3. The van der Waals surface area contributed by atoms with Gasteiger partial charge in [-0.1, -0.05) is 25.7 Å². The number of carbonyl (C=O) groups is 1. The van der Waals surface area contributed by atoms with Crippen molar-refractivity contribution in [2.75, 3.05) is 13.7 Å². The van der Waals surface area contributed by atoms with Crippen molar-refractivity contribution >= 4 is 6.16 Å². The van der Waals surface area contributed by atoms with Crippen LogP contribution in [0.1, 0.15) is 26.7 Å². The molecule has 0 rings (SSSR count). The summed E-state index contributed by atoms with van der Waals surface area (Å²) in [7, 11) is 1.23. The van der Waals surface area contributed by atoms with E-state index in [9.17, 15) is 9.90 Å². The summed E-state index contributed by atoms with van der Waals surface area (Å²) in [5.41, 5.74) is -0.973. The van der Waals surface area contributed by atoms with Crippen molar-refractivity contribution in [2.24, 2.45) is 0 Å². The van der Waals surface area contributed by atoms with Crippen LogP contribution in [-0.2, 0) is 9.47 Å². The Kier molecular flexibility index (Phi) is 5.73. The molecule has 0 fully saturated rings. The molecule has 0 bridgehead atoms. The third kappa shape index (κ3) is 4.73. The molecule has 0 saturated carbocycles. The van der Waals surface area contributed by atoms with Gasteiger partial charge in [-0.05, 0) is 12.8 Å². The molecule has 0 aromatic carbocycles. The van der Waals surface area contributed by atoms with E-state index in [2.05, 4.69) is 21.3 Å². The van der Waals surface area contributed by atoms with Gasteiger partial charge >= 0.3 is 6.16 Å². The van der Waals surface area contributed by atoms with Gasteiger partial charge in [-0.3, -0.25) is 0 Å². The van der Waals surface area contributed by atoms with Crippen molar-refractivity contribution in [3.05, 3.63) is 0 Å². The molecule has 14 heavy (non-hydrogen) atoms. The number of aliphatic hydroxyl groups is 1. The molecule has 0 aromatic rings. The lowest BCUT2D eigenvalue weighted by Gasteiger charge is -2.16. The molecule has 0 amide bonds. The Morgan fingerprint density at radius 2 is 2.00 bits per heavy atom. The number of carbonyl (C=O) groups excluding carboxylic acids is 1. The average Bonchev–Trinajstić information content (AvgIpc) is 2.23. The Hall–Kier alpha value is -1.21. The van der Waals surface area contributed by atoms with Crippen LogP contribution in [0.15, 0.2) is 0 Å². The Labute approximate surface area is 84.2 Å². The van der Waals surface area contributed by atoms with E-state index in [-0.39, 0.29) is 6.61 Å². The van der Waals surface area contributed by atoms with Gasteiger partial charge in [0.05, 0.1) is 7.11 Å². The minimum Gasteiger partial charge on any atom is -0.438 e. The molecule has 0 heterocycles. The molecule has 0 saturated heterocycles. The van der Waals surface area contributed by atoms with Crippen molar-refractivity contribution in [3.8, 4) is 11.8 Å². The molecule has 0 radical (unpaired) electrons. The zero-order valence-electron chi connectivity index (χ0n) is 8.79. The number of hydrogen-bond acceptors (Lipinski definition) is 4. The van der Waals surface area contributed by atoms with Gasteiger partial charge < -0.3 is 14.6 Å². The van der Waals surface area contributed by atoms with Crippen LogP contribution in [0.3, 0.4) is 0 Å². The topological polar surface area (TPSA) is 55.8 Å². The van der Waals surface area contributed by atoms with Crippen LogP contribution in [0.5, 0.6) is 0 Å². The SMILES string of the molecule is CCC(O)(C#CCOC(=O)OC)CC. The summed E-state index contributed by atoms with van der Waals surface area (Å²) in [5.74, 6) is 5.22. The summed E-state index contributed by atoms with van der Waals surface area (Å²) in [4.78, 5) is 10.5. The molecule has 0 aliphatic carbocycles. The zero-order valence-corrected chi connectivity index (χ0v) is 8.79. The highest BCUT2D eigenvalue weighted by Gasteiger charge is 2.17. The minimum atomic E-state index is -0.973. The fraction of sp³-hybridized carbons (Fsp3) is 0.700. The molecule has 4 nitrogen and oxygen atoms in total. The van der Waals surface area contributed by atoms with Crippen molar-refractivity contribution in [1.29, 1.82) is 0 Å². The largest absolute Gasteiger partial charge is 0.508 e. The molecular weight excluding hydrogens is 184 g/mol. The lowest BCUT2D eigenvalue weighted by atomic mass is 9.99. The Bertz CT molecular complexity index is 232. The monoisotopic (exact) mass is 200 g/mol. The van der Waals surface area contributed by atoms with E-state index >= 15 is 0 Å². The number of hydrogen-bond donors (Lipinski definition) is 1. The zero-order chi connectivity index (χ0) is 11.0. The second-order valence-corrected chi connectivity index (χ2v) is 2.78. The van der Waals surface area contributed by atoms with Crippen LogP contribution in [0, 0.1) is 11.8 Å². The van der Waals surface area contributed by atoms with E-state index in [4.69, 9.17) is 0 Å². The van der Waals surface area contributed by atoms with E-state index in [1.54, 1.807) is 0 Å². The Balaban J connectivity index is 3.97. The van der Waals surface area contributed by atoms with Crippen molar-refractivity contribution in [3.63, 3.8) is 0 Å². The van der Waals surface area contributed by atoms with E-state index in [1.165, 1.54) is 7.11 Å². The molecular formula is C10H16O4. The first-order chi connectivity index (χ1) is 6.58. The van der Waals surface area contributed by atoms with Crippen molar-refractivity contribution in [2.45, 2.75) is 32.3 Å². The first kappa shape index (κ1) is 12.8. The Morgan fingerprint density at radius 1 is 1.43 bits per heavy atom. The van der Waals surface area contributed by atoms with Gasteiger partial charge in [-0.2, -0.15) is 0 Å². The van der Waals surface area contributed by atoms with Gasteiger partial charge in [-0.15, -0.1) is 0 Å². The highest BCUT2D eigenvalue weighted by Crippen LogP contribution is 2.12. The summed E-state index contributed by atoms with van der Waals surface area (Å²) in [6.45, 7) is 3.63. The number of ether oxygens (including phenoxy) is 2. The molecule has 0 aliphatic heterocycles. The molecule has 0 unspecified atom stereocenters. The first-order valence-corrected chi connectivity index (χ1v) is 4.51. The highest BCUT2D eigenvalue weighted by molar-refractivity contribution is 5.59. The molecule has 4 heteroatoms. The maximum Gasteiger partial charge on any atom is 0.508 e. The predicted molar refractivity (Wildman–Crippen MR) is 51.7 cm³/mol. The van der Waals surface area contributed by atoms with Crippen molar-refractivity contribution < 1.29 is 19.4 Å².